The SMILES string of the molecule is CCC(CC)(NC(=O)c1ccc(N)cc1)C(=O)O. The first-order valence-corrected chi connectivity index (χ1v) is 5.86. The van der Waals surface area contributed by atoms with Crippen LogP contribution in [-0.2, 0) is 4.79 Å². The number of nitrogens with one attached hydrogen (secondary N) is 1. The number of anilines is 1. The second kappa shape index (κ2) is 5.53. The maximum Gasteiger partial charge on any atom is 0.329 e. The maximum absolute atomic E-state index is 12.0. The lowest BCUT2D eigenvalue weighted by atomic mass is 9.92. The van der Waals surface area contributed by atoms with E-state index in [2.05, 4.69) is 5.32 Å². The molecule has 5 nitrogen and oxygen atoms in total. The zero-order chi connectivity index (χ0) is 13.8. The van der Waals surface area contributed by atoms with Crippen molar-refractivity contribution in [1.29, 1.82) is 0 Å². The van der Waals surface area contributed by atoms with Crippen LogP contribution in [0, 0.1) is 0 Å². The summed E-state index contributed by atoms with van der Waals surface area (Å²) in [4.78, 5) is 23.2. The van der Waals surface area contributed by atoms with Gasteiger partial charge in [0.25, 0.3) is 5.91 Å². The van der Waals surface area contributed by atoms with Gasteiger partial charge in [-0.15, -0.1) is 0 Å². The molecule has 0 aromatic heterocycles. The molecule has 0 atom stereocenters. The number of benzene rings is 1. The van der Waals surface area contributed by atoms with Crippen LogP contribution in [0.2, 0.25) is 0 Å². The molecule has 0 aliphatic carbocycles. The van der Waals surface area contributed by atoms with Gasteiger partial charge in [0.15, 0.2) is 0 Å². The van der Waals surface area contributed by atoms with Crippen molar-refractivity contribution >= 4 is 17.6 Å². The summed E-state index contributed by atoms with van der Waals surface area (Å²) in [6, 6.07) is 6.36. The number of carbonyl (C=O) groups is 2. The highest BCUT2D eigenvalue weighted by molar-refractivity contribution is 5.98. The molecule has 1 aromatic rings. The Kier molecular flexibility index (Phi) is 4.31. The third-order valence-electron chi connectivity index (χ3n) is 3.14. The monoisotopic (exact) mass is 250 g/mol. The van der Waals surface area contributed by atoms with E-state index in [4.69, 9.17) is 5.73 Å². The molecule has 0 radical (unpaired) electrons. The van der Waals surface area contributed by atoms with Crippen LogP contribution >= 0.6 is 0 Å². The highest BCUT2D eigenvalue weighted by Crippen LogP contribution is 2.17. The first-order valence-electron chi connectivity index (χ1n) is 5.86. The fraction of sp³-hybridized carbons (Fsp3) is 0.385. The zero-order valence-corrected chi connectivity index (χ0v) is 10.6. The minimum atomic E-state index is -1.21. The molecule has 0 spiro atoms. The summed E-state index contributed by atoms with van der Waals surface area (Å²) in [7, 11) is 0. The largest absolute Gasteiger partial charge is 0.480 e. The van der Waals surface area contributed by atoms with Gasteiger partial charge in [-0.3, -0.25) is 4.79 Å². The zero-order valence-electron chi connectivity index (χ0n) is 10.6. The van der Waals surface area contributed by atoms with Crippen molar-refractivity contribution in [2.75, 3.05) is 5.73 Å². The summed E-state index contributed by atoms with van der Waals surface area (Å²) in [5.41, 5.74) is 5.28. The van der Waals surface area contributed by atoms with E-state index in [0.29, 0.717) is 24.1 Å². The molecule has 0 heterocycles. The number of nitrogens with two attached hydrogens (primary N) is 1. The van der Waals surface area contributed by atoms with Gasteiger partial charge in [0.05, 0.1) is 0 Å². The molecule has 0 aliphatic rings. The first-order chi connectivity index (χ1) is 8.45. The van der Waals surface area contributed by atoms with E-state index in [1.807, 2.05) is 0 Å². The lowest BCUT2D eigenvalue weighted by molar-refractivity contribution is -0.144. The summed E-state index contributed by atoms with van der Waals surface area (Å²) in [5, 5.41) is 11.8. The Bertz CT molecular complexity index is 436. The number of rotatable bonds is 5. The number of carboxylic acids is 1. The van der Waals surface area contributed by atoms with Crippen LogP contribution in [0.15, 0.2) is 24.3 Å². The molecule has 1 amide bonds. The molecule has 0 aliphatic heterocycles. The highest BCUT2D eigenvalue weighted by atomic mass is 16.4. The molecule has 0 fully saturated rings. The van der Waals surface area contributed by atoms with Crippen molar-refractivity contribution in [3.63, 3.8) is 0 Å². The lowest BCUT2D eigenvalue weighted by Crippen LogP contribution is -2.53. The maximum atomic E-state index is 12.0. The summed E-state index contributed by atoms with van der Waals surface area (Å²) in [6.07, 6.45) is 0.666. The van der Waals surface area contributed by atoms with Crippen LogP contribution < -0.4 is 11.1 Å². The van der Waals surface area contributed by atoms with E-state index in [0.717, 1.165) is 0 Å². The molecule has 0 bridgehead atoms. The second-order valence-electron chi connectivity index (χ2n) is 4.17. The third-order valence-corrected chi connectivity index (χ3v) is 3.14. The standard InChI is InChI=1S/C13H18N2O3/c1-3-13(4-2,12(17)18)15-11(16)9-5-7-10(14)8-6-9/h5-8H,3-4,14H2,1-2H3,(H,15,16)(H,17,18). The Morgan fingerprint density at radius 3 is 2.11 bits per heavy atom. The molecule has 98 valence electrons. The number of aliphatic carboxylic acids is 1. The van der Waals surface area contributed by atoms with Crippen molar-refractivity contribution < 1.29 is 14.7 Å². The van der Waals surface area contributed by atoms with E-state index in [1.165, 1.54) is 0 Å². The van der Waals surface area contributed by atoms with Gasteiger partial charge >= 0.3 is 5.97 Å². The fourth-order valence-corrected chi connectivity index (χ4v) is 1.71. The predicted octanol–water partition coefficient (Wildman–Crippen LogP) is 1.64. The van der Waals surface area contributed by atoms with Crippen molar-refractivity contribution in [2.24, 2.45) is 0 Å². The van der Waals surface area contributed by atoms with Gasteiger partial charge in [0.2, 0.25) is 0 Å². The number of hydrogen-bond donors (Lipinski definition) is 3. The number of nitrogen functional groups attached to an aromatic ring is 1. The molecule has 0 saturated heterocycles. The summed E-state index contributed by atoms with van der Waals surface area (Å²) in [5.74, 6) is -1.42. The molecule has 4 N–H and O–H groups in total. The van der Waals surface area contributed by atoms with E-state index in [1.54, 1.807) is 38.1 Å². The van der Waals surface area contributed by atoms with E-state index in [-0.39, 0.29) is 0 Å². The molecule has 1 rings (SSSR count). The van der Waals surface area contributed by atoms with Gasteiger partial charge in [-0.2, -0.15) is 0 Å². The summed E-state index contributed by atoms with van der Waals surface area (Å²) in [6.45, 7) is 3.47. The minimum absolute atomic E-state index is 0.333. The normalized spacial score (nSPS) is 11.0. The van der Waals surface area contributed by atoms with Crippen molar-refractivity contribution in [2.45, 2.75) is 32.2 Å². The topological polar surface area (TPSA) is 92.4 Å². The summed E-state index contributed by atoms with van der Waals surface area (Å²) < 4.78 is 0. The van der Waals surface area contributed by atoms with Gasteiger partial charge in [-0.25, -0.2) is 4.79 Å². The van der Waals surface area contributed by atoms with Crippen LogP contribution in [0.1, 0.15) is 37.0 Å². The molecule has 1 aromatic carbocycles. The fourth-order valence-electron chi connectivity index (χ4n) is 1.71. The molecule has 0 saturated carbocycles. The Morgan fingerprint density at radius 1 is 1.22 bits per heavy atom. The Labute approximate surface area is 106 Å². The predicted molar refractivity (Wildman–Crippen MR) is 69.3 cm³/mol. The van der Waals surface area contributed by atoms with Crippen molar-refractivity contribution in [1.82, 2.24) is 5.32 Å². The average Bonchev–Trinajstić information content (AvgIpc) is 2.36. The number of hydrogen-bond acceptors (Lipinski definition) is 3. The molecule has 0 unspecified atom stereocenters. The quantitative estimate of drug-likeness (QED) is 0.693. The Balaban J connectivity index is 2.91. The van der Waals surface area contributed by atoms with Gasteiger partial charge in [0, 0.05) is 11.3 Å². The third kappa shape index (κ3) is 2.80. The number of amides is 1. The highest BCUT2D eigenvalue weighted by Gasteiger charge is 2.36. The van der Waals surface area contributed by atoms with E-state index >= 15 is 0 Å². The van der Waals surface area contributed by atoms with Crippen LogP contribution in [0.4, 0.5) is 5.69 Å². The smallest absolute Gasteiger partial charge is 0.329 e. The van der Waals surface area contributed by atoms with Gasteiger partial charge in [0.1, 0.15) is 5.54 Å². The van der Waals surface area contributed by atoms with Crippen molar-refractivity contribution in [3.8, 4) is 0 Å². The second-order valence-corrected chi connectivity index (χ2v) is 4.17. The average molecular weight is 250 g/mol. The van der Waals surface area contributed by atoms with Gasteiger partial charge in [-0.1, -0.05) is 13.8 Å². The van der Waals surface area contributed by atoms with Crippen molar-refractivity contribution in [3.05, 3.63) is 29.8 Å². The number of carbonyl (C=O) groups excluding carboxylic acids is 1. The minimum Gasteiger partial charge on any atom is -0.480 e. The number of carboxylic acid groups (broad SMARTS) is 1. The van der Waals surface area contributed by atoms with Crippen LogP contribution in [0.3, 0.4) is 0 Å². The van der Waals surface area contributed by atoms with Crippen LogP contribution in [0.5, 0.6) is 0 Å². The molecular formula is C13H18N2O3. The lowest BCUT2D eigenvalue weighted by Gasteiger charge is -2.28. The summed E-state index contributed by atoms with van der Waals surface area (Å²) >= 11 is 0. The van der Waals surface area contributed by atoms with Gasteiger partial charge < -0.3 is 16.2 Å². The van der Waals surface area contributed by atoms with E-state index < -0.39 is 17.4 Å². The first kappa shape index (κ1) is 14.0. The molecular weight excluding hydrogens is 232 g/mol. The van der Waals surface area contributed by atoms with E-state index in [9.17, 15) is 14.7 Å². The Morgan fingerprint density at radius 2 is 1.72 bits per heavy atom. The van der Waals surface area contributed by atoms with Gasteiger partial charge in [-0.05, 0) is 37.1 Å². The van der Waals surface area contributed by atoms with Crippen LogP contribution in [0.25, 0.3) is 0 Å². The van der Waals surface area contributed by atoms with Crippen LogP contribution in [-0.4, -0.2) is 22.5 Å². The molecule has 5 heteroatoms. The molecule has 18 heavy (non-hydrogen) atoms. The Hall–Kier alpha value is -2.04.